The van der Waals surface area contributed by atoms with Gasteiger partial charge in [0.15, 0.2) is 5.58 Å². The average molecular weight is 314 g/mol. The molecule has 4 rings (SSSR count). The number of fused-ring (bicyclic) bond motifs is 1. The number of hydrogen-bond acceptors (Lipinski definition) is 5. The fourth-order valence-electron chi connectivity index (χ4n) is 3.01. The van der Waals surface area contributed by atoms with Gasteiger partial charge in [-0.15, -0.1) is 0 Å². The molecule has 7 heteroatoms. The van der Waals surface area contributed by atoms with E-state index >= 15 is 0 Å². The van der Waals surface area contributed by atoms with E-state index in [0.717, 1.165) is 19.4 Å². The quantitative estimate of drug-likeness (QED) is 0.741. The third-order valence-corrected chi connectivity index (χ3v) is 4.13. The van der Waals surface area contributed by atoms with E-state index in [9.17, 15) is 9.18 Å². The Morgan fingerprint density at radius 1 is 1.35 bits per heavy atom. The Morgan fingerprint density at radius 2 is 2.26 bits per heavy atom. The van der Waals surface area contributed by atoms with E-state index in [2.05, 4.69) is 10.1 Å². The van der Waals surface area contributed by atoms with Crippen molar-refractivity contribution in [3.63, 3.8) is 0 Å². The highest BCUT2D eigenvalue weighted by molar-refractivity contribution is 5.74. The number of halogens is 1. The lowest BCUT2D eigenvalue weighted by atomic mass is 10.2. The Bertz CT molecular complexity index is 904. The molecule has 0 saturated carbocycles. The molecule has 0 spiro atoms. The summed E-state index contributed by atoms with van der Waals surface area (Å²) in [7, 11) is 0. The molecule has 1 aliphatic heterocycles. The van der Waals surface area contributed by atoms with E-state index in [4.69, 9.17) is 4.42 Å². The molecule has 1 unspecified atom stereocenters. The van der Waals surface area contributed by atoms with Crippen LogP contribution in [0, 0.1) is 5.82 Å². The first kappa shape index (κ1) is 13.9. The highest BCUT2D eigenvalue weighted by atomic mass is 19.1. The van der Waals surface area contributed by atoms with Crippen LogP contribution in [-0.4, -0.2) is 27.4 Å². The van der Waals surface area contributed by atoms with Gasteiger partial charge in [-0.2, -0.15) is 10.1 Å². The summed E-state index contributed by atoms with van der Waals surface area (Å²) in [6.07, 6.45) is 3.51. The summed E-state index contributed by atoms with van der Waals surface area (Å²) >= 11 is 0. The molecule has 1 atom stereocenters. The summed E-state index contributed by atoms with van der Waals surface area (Å²) in [5, 5.41) is 4.10. The summed E-state index contributed by atoms with van der Waals surface area (Å²) in [6.45, 7) is 1.27. The monoisotopic (exact) mass is 314 g/mol. The summed E-state index contributed by atoms with van der Waals surface area (Å²) in [4.78, 5) is 18.3. The third kappa shape index (κ3) is 2.58. The van der Waals surface area contributed by atoms with Crippen LogP contribution >= 0.6 is 0 Å². The molecule has 1 aliphatic rings. The van der Waals surface area contributed by atoms with Crippen molar-refractivity contribution >= 4 is 17.1 Å². The fourth-order valence-corrected chi connectivity index (χ4v) is 3.01. The van der Waals surface area contributed by atoms with Crippen LogP contribution < -0.4 is 10.5 Å². The zero-order chi connectivity index (χ0) is 15.8. The van der Waals surface area contributed by atoms with Crippen molar-refractivity contribution in [2.75, 3.05) is 11.4 Å². The lowest BCUT2D eigenvalue weighted by Gasteiger charge is -2.22. The second kappa shape index (κ2) is 5.49. The normalized spacial score (nSPS) is 18.0. The molecule has 118 valence electrons. The Kier molecular flexibility index (Phi) is 3.33. The van der Waals surface area contributed by atoms with Crippen molar-refractivity contribution in [3.05, 3.63) is 52.7 Å². The Labute approximate surface area is 131 Å². The molecule has 0 radical (unpaired) electrons. The van der Waals surface area contributed by atoms with E-state index in [0.29, 0.717) is 23.7 Å². The van der Waals surface area contributed by atoms with E-state index in [1.807, 2.05) is 4.90 Å². The molecule has 1 aromatic carbocycles. The first-order chi connectivity index (χ1) is 11.2. The molecular weight excluding hydrogens is 299 g/mol. The van der Waals surface area contributed by atoms with Gasteiger partial charge < -0.3 is 9.32 Å². The SMILES string of the molecule is O=c1cccnn1CC1CCCN1c1nc2ccc(F)cc2o1. The van der Waals surface area contributed by atoms with Crippen LogP contribution in [-0.2, 0) is 6.54 Å². The molecule has 1 fully saturated rings. The number of hydrogen-bond donors (Lipinski definition) is 0. The van der Waals surface area contributed by atoms with Crippen LogP contribution in [0.5, 0.6) is 0 Å². The predicted octanol–water partition coefficient (Wildman–Crippen LogP) is 2.19. The van der Waals surface area contributed by atoms with Crippen molar-refractivity contribution in [1.29, 1.82) is 0 Å². The van der Waals surface area contributed by atoms with Crippen molar-refractivity contribution in [1.82, 2.24) is 14.8 Å². The van der Waals surface area contributed by atoms with Gasteiger partial charge in [-0.3, -0.25) is 4.79 Å². The van der Waals surface area contributed by atoms with Crippen molar-refractivity contribution in [3.8, 4) is 0 Å². The molecule has 23 heavy (non-hydrogen) atoms. The standard InChI is InChI=1S/C16H15FN4O2/c17-11-5-6-13-14(9-11)23-16(19-13)20-8-2-3-12(20)10-21-15(22)4-1-7-18-21/h1,4-7,9,12H,2-3,8,10H2. The van der Waals surface area contributed by atoms with Crippen LogP contribution in [0.15, 0.2) is 45.7 Å². The van der Waals surface area contributed by atoms with Gasteiger partial charge in [-0.25, -0.2) is 9.07 Å². The van der Waals surface area contributed by atoms with Crippen LogP contribution in [0.4, 0.5) is 10.4 Å². The van der Waals surface area contributed by atoms with Gasteiger partial charge >= 0.3 is 0 Å². The highest BCUT2D eigenvalue weighted by Crippen LogP contribution is 2.29. The van der Waals surface area contributed by atoms with Crippen LogP contribution in [0.25, 0.3) is 11.1 Å². The highest BCUT2D eigenvalue weighted by Gasteiger charge is 2.29. The minimum Gasteiger partial charge on any atom is -0.423 e. The molecule has 0 N–H and O–H groups in total. The minimum absolute atomic E-state index is 0.0838. The maximum atomic E-state index is 13.3. The average Bonchev–Trinajstić information content (AvgIpc) is 3.15. The molecule has 3 aromatic rings. The number of rotatable bonds is 3. The summed E-state index contributed by atoms with van der Waals surface area (Å²) in [5.41, 5.74) is 0.932. The molecule has 0 amide bonds. The second-order valence-electron chi connectivity index (χ2n) is 5.64. The second-order valence-corrected chi connectivity index (χ2v) is 5.64. The van der Waals surface area contributed by atoms with Crippen molar-refractivity contribution in [2.24, 2.45) is 0 Å². The molecular formula is C16H15FN4O2. The molecule has 1 saturated heterocycles. The topological polar surface area (TPSA) is 64.2 Å². The van der Waals surface area contributed by atoms with Gasteiger partial charge in [0.1, 0.15) is 11.3 Å². The van der Waals surface area contributed by atoms with Gasteiger partial charge in [0.25, 0.3) is 11.6 Å². The van der Waals surface area contributed by atoms with E-state index in [1.165, 1.54) is 22.9 Å². The summed E-state index contributed by atoms with van der Waals surface area (Å²) < 4.78 is 20.4. The van der Waals surface area contributed by atoms with Gasteiger partial charge in [0.2, 0.25) is 0 Å². The maximum absolute atomic E-state index is 13.3. The maximum Gasteiger partial charge on any atom is 0.298 e. The molecule has 0 bridgehead atoms. The van der Waals surface area contributed by atoms with Crippen LogP contribution in [0.2, 0.25) is 0 Å². The third-order valence-electron chi connectivity index (χ3n) is 4.13. The zero-order valence-electron chi connectivity index (χ0n) is 12.4. The summed E-state index contributed by atoms with van der Waals surface area (Å²) in [6, 6.07) is 7.97. The molecule has 2 aromatic heterocycles. The Hall–Kier alpha value is -2.70. The van der Waals surface area contributed by atoms with Gasteiger partial charge in [-0.05, 0) is 31.0 Å². The smallest absolute Gasteiger partial charge is 0.298 e. The first-order valence-electron chi connectivity index (χ1n) is 7.55. The Morgan fingerprint density at radius 3 is 3.13 bits per heavy atom. The largest absolute Gasteiger partial charge is 0.423 e. The van der Waals surface area contributed by atoms with E-state index in [-0.39, 0.29) is 17.4 Å². The van der Waals surface area contributed by atoms with E-state index in [1.54, 1.807) is 18.3 Å². The summed E-state index contributed by atoms with van der Waals surface area (Å²) in [5.74, 6) is -0.349. The van der Waals surface area contributed by atoms with Gasteiger partial charge in [-0.1, -0.05) is 0 Å². The molecule has 0 aliphatic carbocycles. The van der Waals surface area contributed by atoms with Crippen molar-refractivity contribution < 1.29 is 8.81 Å². The number of anilines is 1. The number of oxazole rings is 1. The predicted molar refractivity (Wildman–Crippen MR) is 82.8 cm³/mol. The van der Waals surface area contributed by atoms with Crippen molar-refractivity contribution in [2.45, 2.75) is 25.4 Å². The number of nitrogens with zero attached hydrogens (tertiary/aromatic N) is 4. The van der Waals surface area contributed by atoms with Gasteiger partial charge in [0, 0.05) is 24.9 Å². The fraction of sp³-hybridized carbons (Fsp3) is 0.312. The lowest BCUT2D eigenvalue weighted by Crippen LogP contribution is -2.37. The van der Waals surface area contributed by atoms with Crippen LogP contribution in [0.1, 0.15) is 12.8 Å². The number of aromatic nitrogens is 3. The molecule has 3 heterocycles. The number of benzene rings is 1. The molecule has 6 nitrogen and oxygen atoms in total. The van der Waals surface area contributed by atoms with E-state index < -0.39 is 0 Å². The zero-order valence-corrected chi connectivity index (χ0v) is 12.4. The lowest BCUT2D eigenvalue weighted by molar-refractivity contribution is 0.465. The van der Waals surface area contributed by atoms with Gasteiger partial charge in [0.05, 0.1) is 12.6 Å². The Balaban J connectivity index is 1.64. The first-order valence-corrected chi connectivity index (χ1v) is 7.55. The minimum atomic E-state index is -0.349. The van der Waals surface area contributed by atoms with Crippen LogP contribution in [0.3, 0.4) is 0 Å².